The summed E-state index contributed by atoms with van der Waals surface area (Å²) in [7, 11) is 0. The third-order valence-electron chi connectivity index (χ3n) is 3.68. The third-order valence-corrected chi connectivity index (χ3v) is 3.68. The van der Waals surface area contributed by atoms with E-state index >= 15 is 0 Å². The minimum atomic E-state index is -1.20. The number of ether oxygens (including phenoxy) is 2. The third kappa shape index (κ3) is 1.70. The molecule has 2 aliphatic rings. The predicted molar refractivity (Wildman–Crippen MR) is 72.0 cm³/mol. The monoisotopic (exact) mass is 261 g/mol. The Hall–Kier alpha value is -1.39. The van der Waals surface area contributed by atoms with E-state index in [0.29, 0.717) is 13.2 Å². The number of aryl methyl sites for hydroxylation is 1. The Labute approximate surface area is 113 Å². The maximum absolute atomic E-state index is 12.8. The summed E-state index contributed by atoms with van der Waals surface area (Å²) < 4.78 is 11.6. The van der Waals surface area contributed by atoms with Gasteiger partial charge in [0.2, 0.25) is 0 Å². The molecular formula is C15H19NO3. The van der Waals surface area contributed by atoms with Crippen LogP contribution in [-0.4, -0.2) is 25.2 Å². The van der Waals surface area contributed by atoms with Crippen LogP contribution in [0.5, 0.6) is 0 Å². The smallest absolute Gasteiger partial charge is 0.292 e. The predicted octanol–water partition coefficient (Wildman–Crippen LogP) is 2.34. The molecule has 19 heavy (non-hydrogen) atoms. The van der Waals surface area contributed by atoms with Crippen molar-refractivity contribution in [2.45, 2.75) is 39.0 Å². The molecule has 1 spiro atoms. The van der Waals surface area contributed by atoms with E-state index in [4.69, 9.17) is 9.47 Å². The molecule has 0 bridgehead atoms. The van der Waals surface area contributed by atoms with Gasteiger partial charge in [0.05, 0.1) is 18.9 Å². The second kappa shape index (κ2) is 4.32. The Morgan fingerprint density at radius 1 is 1.26 bits per heavy atom. The first-order valence-electron chi connectivity index (χ1n) is 6.79. The fourth-order valence-corrected chi connectivity index (χ4v) is 2.83. The second-order valence-electron chi connectivity index (χ2n) is 5.46. The highest BCUT2D eigenvalue weighted by Gasteiger charge is 2.55. The van der Waals surface area contributed by atoms with Crippen LogP contribution in [0.25, 0.3) is 0 Å². The van der Waals surface area contributed by atoms with Gasteiger partial charge in [-0.1, -0.05) is 11.6 Å². The lowest BCUT2D eigenvalue weighted by Crippen LogP contribution is -2.48. The number of amides is 1. The minimum Gasteiger partial charge on any atom is -0.338 e. The SMILES string of the molecule is Cc1ccc2c(c1)C1(OCCCO1)C(=O)N2C(C)C. The Morgan fingerprint density at radius 2 is 1.95 bits per heavy atom. The molecule has 2 aliphatic heterocycles. The van der Waals surface area contributed by atoms with Gasteiger partial charge >= 0.3 is 0 Å². The topological polar surface area (TPSA) is 38.8 Å². The van der Waals surface area contributed by atoms with Gasteiger partial charge in [0, 0.05) is 11.6 Å². The van der Waals surface area contributed by atoms with Crippen molar-refractivity contribution in [2.24, 2.45) is 0 Å². The lowest BCUT2D eigenvalue weighted by atomic mass is 10.0. The van der Waals surface area contributed by atoms with Gasteiger partial charge in [-0.3, -0.25) is 4.79 Å². The van der Waals surface area contributed by atoms with E-state index in [1.54, 1.807) is 4.90 Å². The second-order valence-corrected chi connectivity index (χ2v) is 5.46. The highest BCUT2D eigenvalue weighted by atomic mass is 16.7. The van der Waals surface area contributed by atoms with E-state index in [-0.39, 0.29) is 11.9 Å². The standard InChI is InChI=1S/C15H19NO3/c1-10(2)16-13-6-5-11(3)9-12(13)15(14(16)17)18-7-4-8-19-15/h5-6,9-10H,4,7-8H2,1-3H3. The number of carbonyl (C=O) groups is 1. The molecule has 0 unspecified atom stereocenters. The molecular weight excluding hydrogens is 242 g/mol. The fraction of sp³-hybridized carbons (Fsp3) is 0.533. The van der Waals surface area contributed by atoms with Crippen molar-refractivity contribution in [2.75, 3.05) is 18.1 Å². The van der Waals surface area contributed by atoms with Crippen LogP contribution in [0.4, 0.5) is 5.69 Å². The van der Waals surface area contributed by atoms with Crippen LogP contribution >= 0.6 is 0 Å². The fourth-order valence-electron chi connectivity index (χ4n) is 2.83. The Balaban J connectivity index is 2.17. The Bertz CT molecular complexity index is 518. The summed E-state index contributed by atoms with van der Waals surface area (Å²) in [5.41, 5.74) is 2.87. The summed E-state index contributed by atoms with van der Waals surface area (Å²) in [6.07, 6.45) is 0.831. The lowest BCUT2D eigenvalue weighted by Gasteiger charge is -2.33. The molecule has 1 saturated heterocycles. The molecule has 0 aromatic heterocycles. The van der Waals surface area contributed by atoms with E-state index in [2.05, 4.69) is 0 Å². The molecule has 0 atom stereocenters. The first kappa shape index (κ1) is 12.6. The quantitative estimate of drug-likeness (QED) is 0.779. The number of fused-ring (bicyclic) bond motifs is 2. The zero-order chi connectivity index (χ0) is 13.6. The average molecular weight is 261 g/mol. The molecule has 1 aromatic rings. The normalized spacial score (nSPS) is 21.3. The summed E-state index contributed by atoms with van der Waals surface area (Å²) in [5, 5.41) is 0. The molecule has 0 aliphatic carbocycles. The number of hydrogen-bond acceptors (Lipinski definition) is 3. The van der Waals surface area contributed by atoms with Gasteiger partial charge in [0.25, 0.3) is 11.7 Å². The van der Waals surface area contributed by atoms with Crippen molar-refractivity contribution < 1.29 is 14.3 Å². The lowest BCUT2D eigenvalue weighted by molar-refractivity contribution is -0.256. The summed E-state index contributed by atoms with van der Waals surface area (Å²) in [4.78, 5) is 14.5. The van der Waals surface area contributed by atoms with Crippen LogP contribution in [0.15, 0.2) is 18.2 Å². The van der Waals surface area contributed by atoms with Crippen molar-refractivity contribution in [1.29, 1.82) is 0 Å². The molecule has 4 heteroatoms. The number of nitrogens with zero attached hydrogens (tertiary/aromatic N) is 1. The van der Waals surface area contributed by atoms with Gasteiger partial charge < -0.3 is 14.4 Å². The van der Waals surface area contributed by atoms with Crippen molar-refractivity contribution in [3.8, 4) is 0 Å². The molecule has 0 saturated carbocycles. The molecule has 1 fully saturated rings. The molecule has 0 N–H and O–H groups in total. The van der Waals surface area contributed by atoms with Crippen molar-refractivity contribution >= 4 is 11.6 Å². The number of rotatable bonds is 1. The van der Waals surface area contributed by atoms with Crippen molar-refractivity contribution in [3.05, 3.63) is 29.3 Å². The van der Waals surface area contributed by atoms with Gasteiger partial charge in [0.15, 0.2) is 0 Å². The van der Waals surface area contributed by atoms with Crippen LogP contribution in [-0.2, 0) is 20.1 Å². The Morgan fingerprint density at radius 3 is 2.58 bits per heavy atom. The van der Waals surface area contributed by atoms with Crippen molar-refractivity contribution in [3.63, 3.8) is 0 Å². The zero-order valence-electron chi connectivity index (χ0n) is 11.6. The largest absolute Gasteiger partial charge is 0.338 e. The summed E-state index contributed by atoms with van der Waals surface area (Å²) >= 11 is 0. The van der Waals surface area contributed by atoms with E-state index in [1.807, 2.05) is 39.0 Å². The number of benzene rings is 1. The van der Waals surface area contributed by atoms with Gasteiger partial charge in [-0.05, 0) is 39.3 Å². The minimum absolute atomic E-state index is 0.0856. The average Bonchev–Trinajstić information content (AvgIpc) is 2.61. The Kier molecular flexibility index (Phi) is 2.87. The van der Waals surface area contributed by atoms with E-state index in [9.17, 15) is 4.79 Å². The molecule has 4 nitrogen and oxygen atoms in total. The molecule has 102 valence electrons. The summed E-state index contributed by atoms with van der Waals surface area (Å²) in [6, 6.07) is 6.09. The molecule has 1 amide bonds. The van der Waals surface area contributed by atoms with Gasteiger partial charge in [-0.2, -0.15) is 0 Å². The highest BCUT2D eigenvalue weighted by molar-refractivity contribution is 6.06. The molecule has 0 radical (unpaired) electrons. The number of hydrogen-bond donors (Lipinski definition) is 0. The van der Waals surface area contributed by atoms with E-state index < -0.39 is 5.79 Å². The van der Waals surface area contributed by atoms with Crippen molar-refractivity contribution in [1.82, 2.24) is 0 Å². The van der Waals surface area contributed by atoms with Crippen LogP contribution in [0, 0.1) is 6.92 Å². The first-order valence-corrected chi connectivity index (χ1v) is 6.79. The van der Waals surface area contributed by atoms with Gasteiger partial charge in [-0.15, -0.1) is 0 Å². The van der Waals surface area contributed by atoms with Gasteiger partial charge in [-0.25, -0.2) is 0 Å². The van der Waals surface area contributed by atoms with Crippen LogP contribution in [0.1, 0.15) is 31.4 Å². The number of anilines is 1. The molecule has 3 rings (SSSR count). The van der Waals surface area contributed by atoms with E-state index in [0.717, 1.165) is 23.2 Å². The van der Waals surface area contributed by atoms with Gasteiger partial charge in [0.1, 0.15) is 0 Å². The van der Waals surface area contributed by atoms with Crippen LogP contribution in [0.2, 0.25) is 0 Å². The molecule has 1 aromatic carbocycles. The first-order chi connectivity index (χ1) is 9.06. The zero-order valence-corrected chi connectivity index (χ0v) is 11.6. The number of carbonyl (C=O) groups excluding carboxylic acids is 1. The maximum atomic E-state index is 12.8. The van der Waals surface area contributed by atoms with E-state index in [1.165, 1.54) is 0 Å². The maximum Gasteiger partial charge on any atom is 0.292 e. The van der Waals surface area contributed by atoms with Crippen LogP contribution < -0.4 is 4.90 Å². The molecule has 2 heterocycles. The summed E-state index contributed by atoms with van der Waals surface area (Å²) in [5.74, 6) is -1.30. The van der Waals surface area contributed by atoms with Crippen LogP contribution in [0.3, 0.4) is 0 Å². The summed E-state index contributed by atoms with van der Waals surface area (Å²) in [6.45, 7) is 7.14. The highest BCUT2D eigenvalue weighted by Crippen LogP contribution is 2.46.